The topological polar surface area (TPSA) is 127 Å². The zero-order valence-electron chi connectivity index (χ0n) is 12.6. The van der Waals surface area contributed by atoms with E-state index in [1.165, 1.54) is 24.3 Å². The van der Waals surface area contributed by atoms with Crippen molar-refractivity contribution in [2.75, 3.05) is 0 Å². The molecular weight excluding hydrogens is 333 g/mol. The molecule has 128 valence electrons. The number of nitrogens with one attached hydrogen (secondary N) is 1. The van der Waals surface area contributed by atoms with Gasteiger partial charge in [0.05, 0.1) is 0 Å². The van der Waals surface area contributed by atoms with Gasteiger partial charge in [0, 0.05) is 0 Å². The van der Waals surface area contributed by atoms with Crippen LogP contribution >= 0.6 is 7.60 Å². The van der Waals surface area contributed by atoms with E-state index in [1.54, 1.807) is 30.3 Å². The van der Waals surface area contributed by atoms with E-state index in [-0.39, 0.29) is 12.2 Å². The molecule has 0 amide bonds. The SMILES string of the molecule is O=C(O)[C@@H](Cc1ccc(O)cc1)N[C@@H](c1ccccc1)P(=O)(O)O. The Morgan fingerprint density at radius 1 is 1.04 bits per heavy atom. The minimum absolute atomic E-state index is 0.0128. The molecule has 24 heavy (non-hydrogen) atoms. The number of hydrogen-bond acceptors (Lipinski definition) is 4. The molecule has 7 nitrogen and oxygen atoms in total. The van der Waals surface area contributed by atoms with Gasteiger partial charge in [-0.25, -0.2) is 0 Å². The maximum atomic E-state index is 11.8. The quantitative estimate of drug-likeness (QED) is 0.482. The summed E-state index contributed by atoms with van der Waals surface area (Å²) in [6.45, 7) is 0. The van der Waals surface area contributed by atoms with Crippen LogP contribution in [0, 0.1) is 0 Å². The molecule has 0 aliphatic heterocycles. The number of benzene rings is 2. The highest BCUT2D eigenvalue weighted by atomic mass is 31.2. The molecular formula is C16H18NO6P. The maximum absolute atomic E-state index is 11.8. The van der Waals surface area contributed by atoms with Crippen LogP contribution in [-0.4, -0.2) is 32.0 Å². The van der Waals surface area contributed by atoms with Crippen molar-refractivity contribution in [3.05, 3.63) is 65.7 Å². The van der Waals surface area contributed by atoms with Crippen LogP contribution in [0.1, 0.15) is 16.9 Å². The third-order valence-corrected chi connectivity index (χ3v) is 4.60. The third kappa shape index (κ3) is 4.91. The number of carboxylic acid groups (broad SMARTS) is 1. The predicted octanol–water partition coefficient (Wildman–Crippen LogP) is 1.85. The summed E-state index contributed by atoms with van der Waals surface area (Å²) in [6.07, 6.45) is 0.0128. The van der Waals surface area contributed by atoms with E-state index in [1.807, 2.05) is 0 Å². The number of phenols is 1. The maximum Gasteiger partial charge on any atom is 0.346 e. The van der Waals surface area contributed by atoms with Crippen molar-refractivity contribution in [1.29, 1.82) is 0 Å². The van der Waals surface area contributed by atoms with E-state index in [0.29, 0.717) is 11.1 Å². The summed E-state index contributed by atoms with van der Waals surface area (Å²) in [5, 5.41) is 21.2. The molecule has 5 N–H and O–H groups in total. The summed E-state index contributed by atoms with van der Waals surface area (Å²) in [6, 6.07) is 12.7. The van der Waals surface area contributed by atoms with Gasteiger partial charge in [0.1, 0.15) is 17.6 Å². The fourth-order valence-corrected chi connectivity index (χ4v) is 3.23. The third-order valence-electron chi connectivity index (χ3n) is 3.48. The van der Waals surface area contributed by atoms with Crippen molar-refractivity contribution in [3.8, 4) is 5.75 Å². The zero-order valence-corrected chi connectivity index (χ0v) is 13.5. The lowest BCUT2D eigenvalue weighted by Crippen LogP contribution is -2.40. The van der Waals surface area contributed by atoms with Gasteiger partial charge in [-0.3, -0.25) is 14.7 Å². The van der Waals surface area contributed by atoms with Gasteiger partial charge in [0.25, 0.3) is 0 Å². The lowest BCUT2D eigenvalue weighted by Gasteiger charge is -2.24. The van der Waals surface area contributed by atoms with E-state index in [0.717, 1.165) is 0 Å². The van der Waals surface area contributed by atoms with Crippen LogP contribution in [-0.2, 0) is 15.8 Å². The monoisotopic (exact) mass is 351 g/mol. The highest BCUT2D eigenvalue weighted by molar-refractivity contribution is 7.52. The molecule has 2 rings (SSSR count). The van der Waals surface area contributed by atoms with Crippen molar-refractivity contribution < 1.29 is 29.4 Å². The molecule has 8 heteroatoms. The summed E-state index contributed by atoms with van der Waals surface area (Å²) >= 11 is 0. The van der Waals surface area contributed by atoms with E-state index in [4.69, 9.17) is 0 Å². The highest BCUT2D eigenvalue weighted by Crippen LogP contribution is 2.50. The summed E-state index contributed by atoms with van der Waals surface area (Å²) in [5.74, 6) is -2.59. The zero-order chi connectivity index (χ0) is 17.7. The number of carbonyl (C=O) groups is 1. The molecule has 2 aromatic rings. The summed E-state index contributed by atoms with van der Waals surface area (Å²) in [5.41, 5.74) is 0.924. The number of phenolic OH excluding ortho intramolecular Hbond substituents is 1. The van der Waals surface area contributed by atoms with Crippen molar-refractivity contribution in [2.24, 2.45) is 0 Å². The average molecular weight is 351 g/mol. The van der Waals surface area contributed by atoms with Crippen molar-refractivity contribution in [2.45, 2.75) is 18.2 Å². The Kier molecular flexibility index (Phi) is 5.75. The van der Waals surface area contributed by atoms with E-state index in [2.05, 4.69) is 5.32 Å². The van der Waals surface area contributed by atoms with Crippen LogP contribution < -0.4 is 5.32 Å². The van der Waals surface area contributed by atoms with Gasteiger partial charge in [-0.1, -0.05) is 42.5 Å². The minimum atomic E-state index is -4.62. The van der Waals surface area contributed by atoms with Gasteiger partial charge in [0.2, 0.25) is 0 Å². The van der Waals surface area contributed by atoms with Crippen LogP contribution in [0.2, 0.25) is 0 Å². The van der Waals surface area contributed by atoms with Crippen LogP contribution in [0.15, 0.2) is 54.6 Å². The lowest BCUT2D eigenvalue weighted by molar-refractivity contribution is -0.139. The average Bonchev–Trinajstić information content (AvgIpc) is 2.52. The van der Waals surface area contributed by atoms with Gasteiger partial charge in [-0.05, 0) is 29.7 Å². The second-order valence-electron chi connectivity index (χ2n) is 5.33. The predicted molar refractivity (Wildman–Crippen MR) is 87.6 cm³/mol. The first-order valence-corrected chi connectivity index (χ1v) is 8.82. The highest BCUT2D eigenvalue weighted by Gasteiger charge is 2.34. The first kappa shape index (κ1) is 18.2. The van der Waals surface area contributed by atoms with E-state index in [9.17, 15) is 29.4 Å². The standard InChI is InChI=1S/C16H18NO6P/c18-13-8-6-11(7-9-13)10-14(16(19)20)17-15(24(21,22)23)12-4-2-1-3-5-12/h1-9,14-15,17-18H,10H2,(H,19,20)(H2,21,22,23)/t14-,15-/m1/s1. The Bertz CT molecular complexity index is 728. The Morgan fingerprint density at radius 3 is 2.12 bits per heavy atom. The fourth-order valence-electron chi connectivity index (χ4n) is 2.30. The van der Waals surface area contributed by atoms with Crippen LogP contribution in [0.25, 0.3) is 0 Å². The largest absolute Gasteiger partial charge is 0.508 e. The van der Waals surface area contributed by atoms with Gasteiger partial charge < -0.3 is 20.0 Å². The van der Waals surface area contributed by atoms with Gasteiger partial charge in [-0.2, -0.15) is 0 Å². The fraction of sp³-hybridized carbons (Fsp3) is 0.188. The van der Waals surface area contributed by atoms with E-state index < -0.39 is 25.4 Å². The Hall–Kier alpha value is -2.18. The second-order valence-corrected chi connectivity index (χ2v) is 7.02. The smallest absolute Gasteiger partial charge is 0.346 e. The molecule has 0 heterocycles. The Morgan fingerprint density at radius 2 is 1.62 bits per heavy atom. The van der Waals surface area contributed by atoms with Gasteiger partial charge >= 0.3 is 13.6 Å². The molecule has 0 bridgehead atoms. The summed E-state index contributed by atoms with van der Waals surface area (Å²) < 4.78 is 11.8. The normalized spacial score (nSPS) is 14.1. The lowest BCUT2D eigenvalue weighted by atomic mass is 10.1. The number of aliphatic carboxylic acids is 1. The summed E-state index contributed by atoms with van der Waals surface area (Å²) in [7, 11) is -4.62. The molecule has 0 unspecified atom stereocenters. The molecule has 2 atom stereocenters. The number of hydrogen-bond donors (Lipinski definition) is 5. The molecule has 0 fully saturated rings. The number of rotatable bonds is 7. The molecule has 0 spiro atoms. The molecule has 0 saturated heterocycles. The first-order valence-electron chi connectivity index (χ1n) is 7.14. The van der Waals surface area contributed by atoms with Crippen LogP contribution in [0.5, 0.6) is 5.75 Å². The molecule has 0 aliphatic carbocycles. The minimum Gasteiger partial charge on any atom is -0.508 e. The van der Waals surface area contributed by atoms with Gasteiger partial charge in [0.15, 0.2) is 0 Å². The number of aromatic hydroxyl groups is 1. The van der Waals surface area contributed by atoms with Crippen molar-refractivity contribution in [3.63, 3.8) is 0 Å². The van der Waals surface area contributed by atoms with Crippen molar-refractivity contribution in [1.82, 2.24) is 5.32 Å². The Balaban J connectivity index is 2.24. The molecule has 0 aromatic heterocycles. The van der Waals surface area contributed by atoms with Crippen LogP contribution in [0.3, 0.4) is 0 Å². The van der Waals surface area contributed by atoms with Crippen molar-refractivity contribution >= 4 is 13.6 Å². The first-order chi connectivity index (χ1) is 11.3. The second kappa shape index (κ2) is 7.59. The number of carboxylic acids is 1. The summed E-state index contributed by atoms with van der Waals surface area (Å²) in [4.78, 5) is 30.7. The van der Waals surface area contributed by atoms with E-state index >= 15 is 0 Å². The molecule has 0 saturated carbocycles. The Labute approximate surface area is 138 Å². The molecule has 0 radical (unpaired) electrons. The van der Waals surface area contributed by atoms with Crippen LogP contribution in [0.4, 0.5) is 0 Å². The molecule has 0 aliphatic rings. The van der Waals surface area contributed by atoms with Gasteiger partial charge in [-0.15, -0.1) is 0 Å². The molecule has 2 aromatic carbocycles.